The van der Waals surface area contributed by atoms with E-state index in [1.165, 1.54) is 18.2 Å². The van der Waals surface area contributed by atoms with Crippen LogP contribution in [-0.4, -0.2) is 5.91 Å². The molecule has 2 rings (SSSR count). The fourth-order valence-corrected chi connectivity index (χ4v) is 2.16. The molecule has 0 atom stereocenters. The van der Waals surface area contributed by atoms with Gasteiger partial charge >= 0.3 is 0 Å². The summed E-state index contributed by atoms with van der Waals surface area (Å²) in [4.78, 5) is 12.5. The second kappa shape index (κ2) is 6.07. The molecule has 0 fully saturated rings. The van der Waals surface area contributed by atoms with Gasteiger partial charge in [-0.15, -0.1) is 12.6 Å². The van der Waals surface area contributed by atoms with Gasteiger partial charge in [-0.3, -0.25) is 4.79 Å². The number of hydrogen-bond acceptors (Lipinski definition) is 3. The highest BCUT2D eigenvalue weighted by Gasteiger charge is 2.14. The molecule has 2 aromatic rings. The summed E-state index contributed by atoms with van der Waals surface area (Å²) in [5.74, 6) is -1.27. The van der Waals surface area contributed by atoms with Crippen LogP contribution in [0, 0.1) is 17.1 Å². The van der Waals surface area contributed by atoms with Gasteiger partial charge in [0, 0.05) is 9.37 Å². The molecule has 20 heavy (non-hydrogen) atoms. The third kappa shape index (κ3) is 3.18. The molecule has 0 unspecified atom stereocenters. The number of carbonyl (C=O) groups is 1. The summed E-state index contributed by atoms with van der Waals surface area (Å²) in [7, 11) is 0. The minimum Gasteiger partial charge on any atom is -0.321 e. The summed E-state index contributed by atoms with van der Waals surface area (Å²) in [5, 5.41) is 11.5. The van der Waals surface area contributed by atoms with Crippen molar-refractivity contribution in [3.05, 3.63) is 57.8 Å². The fraction of sp³-hybridized carbons (Fsp3) is 0. The number of nitrogens with zero attached hydrogens (tertiary/aromatic N) is 1. The van der Waals surface area contributed by atoms with Gasteiger partial charge in [0.05, 0.1) is 16.8 Å². The number of hydrogen-bond donors (Lipinski definition) is 2. The number of nitrogens with one attached hydrogen (secondary N) is 1. The topological polar surface area (TPSA) is 52.9 Å². The summed E-state index contributed by atoms with van der Waals surface area (Å²) in [6, 6.07) is 10.7. The molecule has 2 aromatic carbocycles. The Morgan fingerprint density at radius 1 is 1.30 bits per heavy atom. The first-order valence-electron chi connectivity index (χ1n) is 5.51. The number of thiol groups is 1. The quantitative estimate of drug-likeness (QED) is 0.804. The van der Waals surface area contributed by atoms with E-state index in [9.17, 15) is 9.18 Å². The van der Waals surface area contributed by atoms with E-state index in [0.717, 1.165) is 4.47 Å². The van der Waals surface area contributed by atoms with Crippen LogP contribution in [-0.2, 0) is 0 Å². The van der Waals surface area contributed by atoms with E-state index in [-0.39, 0.29) is 11.1 Å². The van der Waals surface area contributed by atoms with E-state index in [1.807, 2.05) is 6.07 Å². The smallest absolute Gasteiger partial charge is 0.258 e. The molecule has 0 spiro atoms. The molecule has 0 aliphatic carbocycles. The van der Waals surface area contributed by atoms with Crippen molar-refractivity contribution in [1.29, 1.82) is 5.26 Å². The Balaban J connectivity index is 2.33. The van der Waals surface area contributed by atoms with E-state index in [0.29, 0.717) is 10.6 Å². The largest absolute Gasteiger partial charge is 0.321 e. The van der Waals surface area contributed by atoms with Crippen molar-refractivity contribution in [2.45, 2.75) is 4.90 Å². The Morgan fingerprint density at radius 2 is 2.05 bits per heavy atom. The van der Waals surface area contributed by atoms with Crippen LogP contribution in [0.1, 0.15) is 15.9 Å². The normalized spacial score (nSPS) is 9.90. The zero-order valence-electron chi connectivity index (χ0n) is 10.0. The van der Waals surface area contributed by atoms with Crippen molar-refractivity contribution in [3.63, 3.8) is 0 Å². The monoisotopic (exact) mass is 350 g/mol. The first kappa shape index (κ1) is 14.6. The standard InChI is InChI=1S/C14H8BrFN2OS/c15-9-1-4-13(8(5-9)7-17)18-14(19)11-6-10(20)2-3-12(11)16/h1-6,20H,(H,18,19). The van der Waals surface area contributed by atoms with Crippen molar-refractivity contribution >= 4 is 40.2 Å². The minimum absolute atomic E-state index is 0.121. The first-order chi connectivity index (χ1) is 9.51. The summed E-state index contributed by atoms with van der Waals surface area (Å²) >= 11 is 7.30. The van der Waals surface area contributed by atoms with E-state index < -0.39 is 11.7 Å². The van der Waals surface area contributed by atoms with E-state index in [2.05, 4.69) is 33.9 Å². The maximum atomic E-state index is 13.6. The summed E-state index contributed by atoms with van der Waals surface area (Å²) < 4.78 is 14.3. The van der Waals surface area contributed by atoms with Gasteiger partial charge in [0.1, 0.15) is 11.9 Å². The van der Waals surface area contributed by atoms with Crippen LogP contribution in [0.4, 0.5) is 10.1 Å². The fourth-order valence-electron chi connectivity index (χ4n) is 1.59. The molecule has 100 valence electrons. The van der Waals surface area contributed by atoms with Crippen LogP contribution in [0.2, 0.25) is 0 Å². The number of carbonyl (C=O) groups excluding carboxylic acids is 1. The van der Waals surface area contributed by atoms with Gasteiger partial charge in [0.15, 0.2) is 0 Å². The third-order valence-electron chi connectivity index (χ3n) is 2.54. The van der Waals surface area contributed by atoms with Crippen LogP contribution in [0.5, 0.6) is 0 Å². The second-order valence-corrected chi connectivity index (χ2v) is 5.35. The molecule has 0 heterocycles. The Hall–Kier alpha value is -1.84. The first-order valence-corrected chi connectivity index (χ1v) is 6.75. The number of benzene rings is 2. The maximum absolute atomic E-state index is 13.6. The summed E-state index contributed by atoms with van der Waals surface area (Å²) in [6.45, 7) is 0. The number of rotatable bonds is 2. The van der Waals surface area contributed by atoms with E-state index in [4.69, 9.17) is 5.26 Å². The highest BCUT2D eigenvalue weighted by atomic mass is 79.9. The zero-order chi connectivity index (χ0) is 14.7. The van der Waals surface area contributed by atoms with Gasteiger partial charge in [0.2, 0.25) is 0 Å². The zero-order valence-corrected chi connectivity index (χ0v) is 12.5. The number of anilines is 1. The number of nitriles is 1. The Kier molecular flexibility index (Phi) is 4.42. The Bertz CT molecular complexity index is 728. The lowest BCUT2D eigenvalue weighted by molar-refractivity contribution is 0.102. The van der Waals surface area contributed by atoms with Crippen molar-refractivity contribution in [2.24, 2.45) is 0 Å². The van der Waals surface area contributed by atoms with Gasteiger partial charge in [0.25, 0.3) is 5.91 Å². The average Bonchev–Trinajstić information content (AvgIpc) is 2.43. The lowest BCUT2D eigenvalue weighted by Crippen LogP contribution is -2.14. The van der Waals surface area contributed by atoms with Crippen LogP contribution in [0.25, 0.3) is 0 Å². The van der Waals surface area contributed by atoms with Gasteiger partial charge in [-0.25, -0.2) is 4.39 Å². The molecular formula is C14H8BrFN2OS. The average molecular weight is 351 g/mol. The summed E-state index contributed by atoms with van der Waals surface area (Å²) in [6.07, 6.45) is 0. The molecule has 0 aliphatic heterocycles. The van der Waals surface area contributed by atoms with Gasteiger partial charge in [-0.2, -0.15) is 5.26 Å². The second-order valence-electron chi connectivity index (χ2n) is 3.92. The molecule has 0 saturated heterocycles. The predicted octanol–water partition coefficient (Wildman–Crippen LogP) is 4.00. The lowest BCUT2D eigenvalue weighted by Gasteiger charge is -2.08. The molecule has 0 bridgehead atoms. The Labute approximate surface area is 129 Å². The SMILES string of the molecule is N#Cc1cc(Br)ccc1NC(=O)c1cc(S)ccc1F. The molecule has 0 radical (unpaired) electrons. The third-order valence-corrected chi connectivity index (χ3v) is 3.32. The molecule has 0 saturated carbocycles. The van der Waals surface area contributed by atoms with E-state index in [1.54, 1.807) is 18.2 Å². The highest BCUT2D eigenvalue weighted by Crippen LogP contribution is 2.22. The lowest BCUT2D eigenvalue weighted by atomic mass is 10.1. The molecule has 0 aromatic heterocycles. The van der Waals surface area contributed by atoms with Crippen LogP contribution >= 0.6 is 28.6 Å². The number of amides is 1. The van der Waals surface area contributed by atoms with Crippen molar-refractivity contribution in [1.82, 2.24) is 0 Å². The molecule has 1 amide bonds. The van der Waals surface area contributed by atoms with Crippen LogP contribution in [0.15, 0.2) is 45.8 Å². The van der Waals surface area contributed by atoms with Crippen molar-refractivity contribution in [3.8, 4) is 6.07 Å². The maximum Gasteiger partial charge on any atom is 0.258 e. The minimum atomic E-state index is -0.643. The van der Waals surface area contributed by atoms with Gasteiger partial charge in [-0.1, -0.05) is 15.9 Å². The van der Waals surface area contributed by atoms with E-state index >= 15 is 0 Å². The molecule has 6 heteroatoms. The molecule has 3 nitrogen and oxygen atoms in total. The number of halogens is 2. The molecule has 0 aliphatic rings. The molecule has 1 N–H and O–H groups in total. The highest BCUT2D eigenvalue weighted by molar-refractivity contribution is 9.10. The summed E-state index contributed by atoms with van der Waals surface area (Å²) in [5.41, 5.74) is 0.490. The van der Waals surface area contributed by atoms with Crippen LogP contribution in [0.3, 0.4) is 0 Å². The van der Waals surface area contributed by atoms with Gasteiger partial charge < -0.3 is 5.32 Å². The molecular weight excluding hydrogens is 343 g/mol. The predicted molar refractivity (Wildman–Crippen MR) is 80.5 cm³/mol. The van der Waals surface area contributed by atoms with Gasteiger partial charge in [-0.05, 0) is 36.4 Å². The van der Waals surface area contributed by atoms with Crippen molar-refractivity contribution in [2.75, 3.05) is 5.32 Å². The Morgan fingerprint density at radius 3 is 2.75 bits per heavy atom. The van der Waals surface area contributed by atoms with Crippen molar-refractivity contribution < 1.29 is 9.18 Å². The van der Waals surface area contributed by atoms with Crippen LogP contribution < -0.4 is 5.32 Å².